The Morgan fingerprint density at radius 2 is 1.76 bits per heavy atom. The molecule has 0 spiro atoms. The number of amides is 1. The standard InChI is InChI=1S/C15H21FN2O3/c1-10(2)8-17(9-11(3)4)15(19)13-7-12(16)5-6-14(13)18(20)21/h5-7,10-11H,8-9H2,1-4H3. The maximum Gasteiger partial charge on any atom is 0.282 e. The Balaban J connectivity index is 3.18. The highest BCUT2D eigenvalue weighted by atomic mass is 19.1. The van der Waals surface area contributed by atoms with Crippen molar-refractivity contribution in [1.29, 1.82) is 0 Å². The maximum absolute atomic E-state index is 13.4. The summed E-state index contributed by atoms with van der Waals surface area (Å²) in [6.45, 7) is 8.79. The molecule has 0 bridgehead atoms. The van der Waals surface area contributed by atoms with Crippen LogP contribution in [0.3, 0.4) is 0 Å². The lowest BCUT2D eigenvalue weighted by Crippen LogP contribution is -2.37. The van der Waals surface area contributed by atoms with E-state index in [0.29, 0.717) is 13.1 Å². The van der Waals surface area contributed by atoms with Crippen molar-refractivity contribution in [2.24, 2.45) is 11.8 Å². The predicted molar refractivity (Wildman–Crippen MR) is 78.6 cm³/mol. The van der Waals surface area contributed by atoms with Crippen molar-refractivity contribution in [2.75, 3.05) is 13.1 Å². The van der Waals surface area contributed by atoms with Crippen molar-refractivity contribution in [1.82, 2.24) is 4.90 Å². The van der Waals surface area contributed by atoms with E-state index < -0.39 is 16.6 Å². The Morgan fingerprint density at radius 3 is 2.19 bits per heavy atom. The average Bonchev–Trinajstić information content (AvgIpc) is 2.35. The van der Waals surface area contributed by atoms with Gasteiger partial charge >= 0.3 is 0 Å². The van der Waals surface area contributed by atoms with Gasteiger partial charge in [-0.2, -0.15) is 0 Å². The van der Waals surface area contributed by atoms with Gasteiger partial charge in [-0.05, 0) is 24.0 Å². The first-order valence-corrected chi connectivity index (χ1v) is 6.95. The van der Waals surface area contributed by atoms with Gasteiger partial charge in [-0.1, -0.05) is 27.7 Å². The summed E-state index contributed by atoms with van der Waals surface area (Å²) in [4.78, 5) is 24.5. The van der Waals surface area contributed by atoms with Crippen molar-refractivity contribution in [3.05, 3.63) is 39.7 Å². The fourth-order valence-electron chi connectivity index (χ4n) is 2.13. The molecule has 1 rings (SSSR count). The van der Waals surface area contributed by atoms with Gasteiger partial charge in [-0.25, -0.2) is 4.39 Å². The van der Waals surface area contributed by atoms with Gasteiger partial charge < -0.3 is 4.90 Å². The van der Waals surface area contributed by atoms with Crippen LogP contribution in [0.15, 0.2) is 18.2 Å². The van der Waals surface area contributed by atoms with Crippen LogP contribution in [0.1, 0.15) is 38.1 Å². The van der Waals surface area contributed by atoms with Crippen LogP contribution in [0, 0.1) is 27.8 Å². The van der Waals surface area contributed by atoms with Crippen LogP contribution in [0.4, 0.5) is 10.1 Å². The van der Waals surface area contributed by atoms with Crippen molar-refractivity contribution in [2.45, 2.75) is 27.7 Å². The van der Waals surface area contributed by atoms with E-state index in [-0.39, 0.29) is 23.1 Å². The molecule has 0 aliphatic carbocycles. The number of nitro groups is 1. The summed E-state index contributed by atoms with van der Waals surface area (Å²) >= 11 is 0. The minimum atomic E-state index is -0.657. The van der Waals surface area contributed by atoms with Gasteiger partial charge in [0.25, 0.3) is 11.6 Å². The van der Waals surface area contributed by atoms with Crippen molar-refractivity contribution < 1.29 is 14.1 Å². The van der Waals surface area contributed by atoms with E-state index in [1.165, 1.54) is 0 Å². The van der Waals surface area contributed by atoms with Gasteiger partial charge in [0.05, 0.1) is 4.92 Å². The topological polar surface area (TPSA) is 63.5 Å². The van der Waals surface area contributed by atoms with Gasteiger partial charge in [-0.15, -0.1) is 0 Å². The first kappa shape index (κ1) is 17.1. The second kappa shape index (κ2) is 7.15. The molecule has 116 valence electrons. The summed E-state index contributed by atoms with van der Waals surface area (Å²) in [5.74, 6) is -0.706. The molecule has 21 heavy (non-hydrogen) atoms. The summed E-state index contributed by atoms with van der Waals surface area (Å²) in [6.07, 6.45) is 0. The number of rotatable bonds is 6. The largest absolute Gasteiger partial charge is 0.338 e. The fraction of sp³-hybridized carbons (Fsp3) is 0.533. The van der Waals surface area contributed by atoms with Crippen LogP contribution in [0.25, 0.3) is 0 Å². The molecule has 0 aromatic heterocycles. The monoisotopic (exact) mass is 296 g/mol. The zero-order chi connectivity index (χ0) is 16.2. The molecule has 0 aliphatic rings. The molecule has 6 heteroatoms. The third-order valence-corrected chi connectivity index (χ3v) is 2.84. The zero-order valence-corrected chi connectivity index (χ0v) is 12.8. The highest BCUT2D eigenvalue weighted by Crippen LogP contribution is 2.22. The van der Waals surface area contributed by atoms with E-state index in [1.807, 2.05) is 27.7 Å². The summed E-state index contributed by atoms with van der Waals surface area (Å²) in [5, 5.41) is 11.0. The second-order valence-electron chi connectivity index (χ2n) is 5.92. The molecule has 5 nitrogen and oxygen atoms in total. The minimum Gasteiger partial charge on any atom is -0.338 e. The SMILES string of the molecule is CC(C)CN(CC(C)C)C(=O)c1cc(F)ccc1[N+](=O)[O-]. The number of carbonyl (C=O) groups is 1. The molecule has 0 heterocycles. The first-order chi connectivity index (χ1) is 9.72. The van der Waals surface area contributed by atoms with E-state index in [2.05, 4.69) is 0 Å². The van der Waals surface area contributed by atoms with E-state index in [1.54, 1.807) is 4.90 Å². The molecule has 1 aromatic carbocycles. The Hall–Kier alpha value is -1.98. The lowest BCUT2D eigenvalue weighted by atomic mass is 10.1. The second-order valence-corrected chi connectivity index (χ2v) is 5.92. The van der Waals surface area contributed by atoms with Gasteiger partial charge in [0.2, 0.25) is 0 Å². The number of hydrogen-bond acceptors (Lipinski definition) is 3. The van der Waals surface area contributed by atoms with Gasteiger partial charge in [0.15, 0.2) is 0 Å². The Morgan fingerprint density at radius 1 is 1.24 bits per heavy atom. The maximum atomic E-state index is 13.4. The van der Waals surface area contributed by atoms with E-state index in [0.717, 1.165) is 18.2 Å². The molecule has 0 aliphatic heterocycles. The Kier molecular flexibility index (Phi) is 5.81. The van der Waals surface area contributed by atoms with Gasteiger partial charge in [-0.3, -0.25) is 14.9 Å². The molecular formula is C15H21FN2O3. The minimum absolute atomic E-state index is 0.193. The molecule has 0 radical (unpaired) electrons. The lowest BCUT2D eigenvalue weighted by molar-refractivity contribution is -0.385. The molecule has 0 N–H and O–H groups in total. The number of hydrogen-bond donors (Lipinski definition) is 0. The third-order valence-electron chi connectivity index (χ3n) is 2.84. The molecule has 0 atom stereocenters. The number of nitrogens with zero attached hydrogens (tertiary/aromatic N) is 2. The Labute approximate surface area is 123 Å². The summed E-state index contributed by atoms with van der Waals surface area (Å²) in [7, 11) is 0. The van der Waals surface area contributed by atoms with E-state index in [4.69, 9.17) is 0 Å². The van der Waals surface area contributed by atoms with Crippen LogP contribution in [0.5, 0.6) is 0 Å². The average molecular weight is 296 g/mol. The molecule has 1 amide bonds. The Bertz CT molecular complexity index is 520. The molecule has 1 aromatic rings. The van der Waals surface area contributed by atoms with Crippen LogP contribution >= 0.6 is 0 Å². The van der Waals surface area contributed by atoms with Crippen LogP contribution in [-0.4, -0.2) is 28.8 Å². The van der Waals surface area contributed by atoms with Crippen LogP contribution in [-0.2, 0) is 0 Å². The van der Waals surface area contributed by atoms with E-state index in [9.17, 15) is 19.3 Å². The van der Waals surface area contributed by atoms with Crippen molar-refractivity contribution in [3.8, 4) is 0 Å². The highest BCUT2D eigenvalue weighted by Gasteiger charge is 2.26. The van der Waals surface area contributed by atoms with Crippen LogP contribution < -0.4 is 0 Å². The van der Waals surface area contributed by atoms with Crippen LogP contribution in [0.2, 0.25) is 0 Å². The molecule has 0 fully saturated rings. The van der Waals surface area contributed by atoms with Gasteiger partial charge in [0.1, 0.15) is 11.4 Å². The highest BCUT2D eigenvalue weighted by molar-refractivity contribution is 5.98. The summed E-state index contributed by atoms with van der Waals surface area (Å²) < 4.78 is 13.4. The molecule has 0 unspecified atom stereocenters. The predicted octanol–water partition coefficient (Wildman–Crippen LogP) is 3.49. The lowest BCUT2D eigenvalue weighted by Gasteiger charge is -2.26. The number of benzene rings is 1. The number of halogens is 1. The zero-order valence-electron chi connectivity index (χ0n) is 12.8. The number of nitro benzene ring substituents is 1. The van der Waals surface area contributed by atoms with Gasteiger partial charge in [0, 0.05) is 19.2 Å². The normalized spacial score (nSPS) is 11.0. The molecular weight excluding hydrogens is 275 g/mol. The molecule has 0 saturated heterocycles. The first-order valence-electron chi connectivity index (χ1n) is 6.95. The summed E-state index contributed by atoms with van der Waals surface area (Å²) in [5.41, 5.74) is -0.555. The smallest absolute Gasteiger partial charge is 0.282 e. The molecule has 0 saturated carbocycles. The van der Waals surface area contributed by atoms with Crippen molar-refractivity contribution in [3.63, 3.8) is 0 Å². The third kappa shape index (κ3) is 4.81. The fourth-order valence-corrected chi connectivity index (χ4v) is 2.13. The quantitative estimate of drug-likeness (QED) is 0.596. The van der Waals surface area contributed by atoms with Crippen molar-refractivity contribution >= 4 is 11.6 Å². The summed E-state index contributed by atoms with van der Waals surface area (Å²) in [6, 6.07) is 2.96. The number of carbonyl (C=O) groups excluding carboxylic acids is 1. The van der Waals surface area contributed by atoms with E-state index >= 15 is 0 Å².